The molecule has 4 nitrogen and oxygen atoms in total. The van der Waals surface area contributed by atoms with Crippen LogP contribution in [0.2, 0.25) is 0 Å². The van der Waals surface area contributed by atoms with Crippen LogP contribution in [0.1, 0.15) is 12.5 Å². The third-order valence-electron chi connectivity index (χ3n) is 2.91. The minimum absolute atomic E-state index is 0.576. The molecule has 0 fully saturated rings. The Kier molecular flexibility index (Phi) is 3.37. The van der Waals surface area contributed by atoms with E-state index in [1.807, 2.05) is 30.3 Å². The van der Waals surface area contributed by atoms with Gasteiger partial charge in [0.25, 0.3) is 0 Å². The van der Waals surface area contributed by atoms with Gasteiger partial charge >= 0.3 is 0 Å². The van der Waals surface area contributed by atoms with Crippen LogP contribution in [0.15, 0.2) is 35.5 Å². The third-order valence-corrected chi connectivity index (χ3v) is 2.91. The number of ether oxygens (including phenoxy) is 2. The molecule has 94 valence electrons. The Bertz CT molecular complexity index is 605. The Labute approximate surface area is 105 Å². The molecule has 2 aromatic rings. The van der Waals surface area contributed by atoms with Gasteiger partial charge in [0.2, 0.25) is 0 Å². The van der Waals surface area contributed by atoms with Crippen molar-refractivity contribution in [2.24, 2.45) is 5.16 Å². The van der Waals surface area contributed by atoms with Crippen molar-refractivity contribution < 1.29 is 14.7 Å². The standard InChI is InChI=1S/C14H15NO3/c1-9(15-16)10-4-5-11-7-13(17-2)14(18-3)8-12(11)6-10/h4-8,16H,1-3H3/b15-9-. The van der Waals surface area contributed by atoms with E-state index in [2.05, 4.69) is 5.16 Å². The van der Waals surface area contributed by atoms with Crippen LogP contribution in [0.3, 0.4) is 0 Å². The summed E-state index contributed by atoms with van der Waals surface area (Å²) in [5, 5.41) is 14.0. The van der Waals surface area contributed by atoms with Gasteiger partial charge in [-0.25, -0.2) is 0 Å². The molecule has 0 heterocycles. The summed E-state index contributed by atoms with van der Waals surface area (Å²) in [5.41, 5.74) is 1.45. The second kappa shape index (κ2) is 4.96. The minimum Gasteiger partial charge on any atom is -0.493 e. The lowest BCUT2D eigenvalue weighted by molar-refractivity contribution is 0.319. The van der Waals surface area contributed by atoms with Gasteiger partial charge in [-0.15, -0.1) is 0 Å². The highest BCUT2D eigenvalue weighted by molar-refractivity contribution is 6.02. The molecule has 1 N–H and O–H groups in total. The van der Waals surface area contributed by atoms with Gasteiger partial charge in [0, 0.05) is 0 Å². The molecule has 0 unspecified atom stereocenters. The van der Waals surface area contributed by atoms with E-state index in [1.165, 1.54) is 0 Å². The van der Waals surface area contributed by atoms with Crippen molar-refractivity contribution in [2.75, 3.05) is 14.2 Å². The lowest BCUT2D eigenvalue weighted by Gasteiger charge is -2.10. The first-order valence-corrected chi connectivity index (χ1v) is 5.54. The van der Waals surface area contributed by atoms with Gasteiger partial charge in [0.1, 0.15) is 0 Å². The third kappa shape index (κ3) is 2.09. The van der Waals surface area contributed by atoms with Gasteiger partial charge in [-0.3, -0.25) is 0 Å². The van der Waals surface area contributed by atoms with Crippen molar-refractivity contribution in [3.63, 3.8) is 0 Å². The summed E-state index contributed by atoms with van der Waals surface area (Å²) in [5.74, 6) is 1.38. The van der Waals surface area contributed by atoms with Crippen molar-refractivity contribution in [1.29, 1.82) is 0 Å². The highest BCUT2D eigenvalue weighted by Gasteiger charge is 2.07. The summed E-state index contributed by atoms with van der Waals surface area (Å²) < 4.78 is 10.5. The van der Waals surface area contributed by atoms with E-state index < -0.39 is 0 Å². The number of hydrogen-bond acceptors (Lipinski definition) is 4. The Hall–Kier alpha value is -2.23. The van der Waals surface area contributed by atoms with Crippen LogP contribution in [-0.2, 0) is 0 Å². The Morgan fingerprint density at radius 1 is 1.00 bits per heavy atom. The highest BCUT2D eigenvalue weighted by Crippen LogP contribution is 2.32. The summed E-state index contributed by atoms with van der Waals surface area (Å²) in [6.07, 6.45) is 0. The molecule has 0 aliphatic heterocycles. The number of rotatable bonds is 3. The maximum absolute atomic E-state index is 8.79. The summed E-state index contributed by atoms with van der Waals surface area (Å²) in [4.78, 5) is 0. The number of fused-ring (bicyclic) bond motifs is 1. The van der Waals surface area contributed by atoms with Gasteiger partial charge in [0.05, 0.1) is 19.9 Å². The Morgan fingerprint density at radius 3 is 2.17 bits per heavy atom. The van der Waals surface area contributed by atoms with Gasteiger partial charge < -0.3 is 14.7 Å². The fourth-order valence-electron chi connectivity index (χ4n) is 1.86. The predicted molar refractivity (Wildman–Crippen MR) is 71.0 cm³/mol. The molecular formula is C14H15NO3. The summed E-state index contributed by atoms with van der Waals surface area (Å²) in [6.45, 7) is 1.75. The lowest BCUT2D eigenvalue weighted by Crippen LogP contribution is -1.95. The molecule has 0 bridgehead atoms. The molecule has 0 amide bonds. The fraction of sp³-hybridized carbons (Fsp3) is 0.214. The first kappa shape index (κ1) is 12.2. The van der Waals surface area contributed by atoms with Crippen molar-refractivity contribution in [1.82, 2.24) is 0 Å². The largest absolute Gasteiger partial charge is 0.493 e. The van der Waals surface area contributed by atoms with Crippen molar-refractivity contribution in [3.05, 3.63) is 35.9 Å². The summed E-state index contributed by atoms with van der Waals surface area (Å²) in [7, 11) is 3.22. The van der Waals surface area contributed by atoms with Gasteiger partial charge in [-0.05, 0) is 41.5 Å². The molecule has 0 aliphatic carbocycles. The van der Waals surface area contributed by atoms with E-state index in [-0.39, 0.29) is 0 Å². The van der Waals surface area contributed by atoms with Crippen LogP contribution in [0.5, 0.6) is 11.5 Å². The molecule has 0 atom stereocenters. The van der Waals surface area contributed by atoms with Gasteiger partial charge in [-0.2, -0.15) is 0 Å². The molecule has 2 aromatic carbocycles. The molecule has 0 saturated carbocycles. The average Bonchev–Trinajstić information content (AvgIpc) is 2.44. The molecular weight excluding hydrogens is 230 g/mol. The maximum atomic E-state index is 8.79. The molecule has 0 aliphatic rings. The monoisotopic (exact) mass is 245 g/mol. The number of hydrogen-bond donors (Lipinski definition) is 1. The van der Waals surface area contributed by atoms with Crippen LogP contribution < -0.4 is 9.47 Å². The zero-order valence-corrected chi connectivity index (χ0v) is 10.6. The molecule has 2 rings (SSSR count). The normalized spacial score (nSPS) is 11.6. The van der Waals surface area contributed by atoms with E-state index >= 15 is 0 Å². The van der Waals surface area contributed by atoms with E-state index in [9.17, 15) is 0 Å². The minimum atomic E-state index is 0.576. The average molecular weight is 245 g/mol. The van der Waals surface area contributed by atoms with Gasteiger partial charge in [-0.1, -0.05) is 17.3 Å². The van der Waals surface area contributed by atoms with E-state index in [0.717, 1.165) is 16.3 Å². The number of methoxy groups -OCH3 is 2. The van der Waals surface area contributed by atoms with Crippen LogP contribution in [0.4, 0.5) is 0 Å². The quantitative estimate of drug-likeness (QED) is 0.513. The Balaban J connectivity index is 2.63. The molecule has 4 heteroatoms. The second-order valence-corrected chi connectivity index (χ2v) is 3.95. The van der Waals surface area contributed by atoms with Crippen LogP contribution in [-0.4, -0.2) is 25.1 Å². The van der Waals surface area contributed by atoms with Crippen LogP contribution >= 0.6 is 0 Å². The number of nitrogens with zero attached hydrogens (tertiary/aromatic N) is 1. The van der Waals surface area contributed by atoms with Crippen LogP contribution in [0.25, 0.3) is 10.8 Å². The smallest absolute Gasteiger partial charge is 0.161 e. The maximum Gasteiger partial charge on any atom is 0.161 e. The number of benzene rings is 2. The second-order valence-electron chi connectivity index (χ2n) is 3.95. The first-order valence-electron chi connectivity index (χ1n) is 5.54. The molecule has 18 heavy (non-hydrogen) atoms. The lowest BCUT2D eigenvalue weighted by atomic mass is 10.0. The van der Waals surface area contributed by atoms with E-state index in [1.54, 1.807) is 21.1 Å². The fourth-order valence-corrected chi connectivity index (χ4v) is 1.86. The zero-order chi connectivity index (χ0) is 13.1. The van der Waals surface area contributed by atoms with Crippen molar-refractivity contribution in [2.45, 2.75) is 6.92 Å². The van der Waals surface area contributed by atoms with Crippen LogP contribution in [0, 0.1) is 0 Å². The van der Waals surface area contributed by atoms with E-state index in [0.29, 0.717) is 17.2 Å². The highest BCUT2D eigenvalue weighted by atomic mass is 16.5. The van der Waals surface area contributed by atoms with Crippen molar-refractivity contribution in [3.8, 4) is 11.5 Å². The first-order chi connectivity index (χ1) is 8.69. The molecule has 0 spiro atoms. The SMILES string of the molecule is COc1cc2ccc(/C(C)=N\O)cc2cc1OC. The summed E-state index contributed by atoms with van der Waals surface area (Å²) >= 11 is 0. The molecule has 0 aromatic heterocycles. The topological polar surface area (TPSA) is 51.0 Å². The van der Waals surface area contributed by atoms with Gasteiger partial charge in [0.15, 0.2) is 11.5 Å². The van der Waals surface area contributed by atoms with E-state index in [4.69, 9.17) is 14.7 Å². The molecule has 0 radical (unpaired) electrons. The summed E-state index contributed by atoms with van der Waals surface area (Å²) in [6, 6.07) is 9.64. The zero-order valence-electron chi connectivity index (χ0n) is 10.6. The van der Waals surface area contributed by atoms with Crippen molar-refractivity contribution >= 4 is 16.5 Å². The number of oxime groups is 1. The Morgan fingerprint density at radius 2 is 1.61 bits per heavy atom. The predicted octanol–water partition coefficient (Wildman–Crippen LogP) is 3.06. The molecule has 0 saturated heterocycles.